The summed E-state index contributed by atoms with van der Waals surface area (Å²) in [5.41, 5.74) is 3.27. The first kappa shape index (κ1) is 16.5. The summed E-state index contributed by atoms with van der Waals surface area (Å²) < 4.78 is 5.16. The minimum atomic E-state index is -0.313. The fraction of sp³-hybridized carbons (Fsp3) is 0.222. The van der Waals surface area contributed by atoms with Crippen molar-refractivity contribution < 1.29 is 14.3 Å². The number of rotatable bonds is 5. The molecule has 120 valence electrons. The Morgan fingerprint density at radius 2 is 1.78 bits per heavy atom. The average molecular weight is 312 g/mol. The number of nitrogens with one attached hydrogen (secondary N) is 2. The molecule has 2 rings (SSSR count). The van der Waals surface area contributed by atoms with Gasteiger partial charge in [0.15, 0.2) is 0 Å². The number of carbonyl (C=O) groups excluding carboxylic acids is 2. The van der Waals surface area contributed by atoms with Gasteiger partial charge < -0.3 is 15.4 Å². The number of benzene rings is 2. The van der Waals surface area contributed by atoms with E-state index >= 15 is 0 Å². The molecule has 0 unspecified atom stereocenters. The summed E-state index contributed by atoms with van der Waals surface area (Å²) in [5.74, 6) is -0.0173. The highest BCUT2D eigenvalue weighted by atomic mass is 16.5. The van der Waals surface area contributed by atoms with Crippen LogP contribution in [0.15, 0.2) is 42.5 Å². The Labute approximate surface area is 135 Å². The number of aryl methyl sites for hydroxylation is 2. The van der Waals surface area contributed by atoms with Gasteiger partial charge in [0, 0.05) is 5.56 Å². The molecular formula is C18H20N2O3. The number of anilines is 1. The molecule has 0 atom stereocenters. The standard InChI is InChI=1S/C18H20N2O3/c1-12-8-9-14(10-13(12)2)18(22)19-11-17(21)20-15-6-4-5-7-16(15)23-3/h4-10H,11H2,1-3H3,(H,19,22)(H,20,21). The molecule has 0 aliphatic heterocycles. The molecule has 0 aliphatic rings. The van der Waals surface area contributed by atoms with Crippen LogP contribution in [0.25, 0.3) is 0 Å². The highest BCUT2D eigenvalue weighted by Gasteiger charge is 2.10. The van der Waals surface area contributed by atoms with E-state index in [9.17, 15) is 9.59 Å². The fourth-order valence-corrected chi connectivity index (χ4v) is 2.09. The maximum absolute atomic E-state index is 12.1. The van der Waals surface area contributed by atoms with Crippen LogP contribution in [0.4, 0.5) is 5.69 Å². The van der Waals surface area contributed by atoms with Crippen molar-refractivity contribution in [1.29, 1.82) is 0 Å². The molecule has 2 amide bonds. The van der Waals surface area contributed by atoms with Crippen molar-refractivity contribution in [2.75, 3.05) is 19.0 Å². The molecular weight excluding hydrogens is 292 g/mol. The lowest BCUT2D eigenvalue weighted by atomic mass is 10.1. The van der Waals surface area contributed by atoms with Crippen LogP contribution >= 0.6 is 0 Å². The Morgan fingerprint density at radius 1 is 1.04 bits per heavy atom. The van der Waals surface area contributed by atoms with E-state index in [1.165, 1.54) is 7.11 Å². The average Bonchev–Trinajstić information content (AvgIpc) is 2.55. The molecule has 0 saturated carbocycles. The second-order valence-corrected chi connectivity index (χ2v) is 5.23. The van der Waals surface area contributed by atoms with Gasteiger partial charge in [-0.3, -0.25) is 9.59 Å². The third-order valence-electron chi connectivity index (χ3n) is 3.56. The van der Waals surface area contributed by atoms with Crippen LogP contribution in [0.1, 0.15) is 21.5 Å². The van der Waals surface area contributed by atoms with E-state index in [0.29, 0.717) is 17.0 Å². The molecule has 0 aromatic heterocycles. The van der Waals surface area contributed by atoms with Crippen molar-refractivity contribution in [1.82, 2.24) is 5.32 Å². The Kier molecular flexibility index (Phi) is 5.36. The van der Waals surface area contributed by atoms with Crippen LogP contribution in [0.3, 0.4) is 0 Å². The molecule has 0 saturated heterocycles. The van der Waals surface area contributed by atoms with E-state index in [1.54, 1.807) is 24.3 Å². The molecule has 0 bridgehead atoms. The first-order valence-corrected chi connectivity index (χ1v) is 7.29. The van der Waals surface area contributed by atoms with Gasteiger partial charge in [-0.25, -0.2) is 0 Å². The van der Waals surface area contributed by atoms with E-state index < -0.39 is 0 Å². The van der Waals surface area contributed by atoms with E-state index in [-0.39, 0.29) is 18.4 Å². The van der Waals surface area contributed by atoms with Gasteiger partial charge >= 0.3 is 0 Å². The second-order valence-electron chi connectivity index (χ2n) is 5.23. The minimum Gasteiger partial charge on any atom is -0.495 e. The number of amides is 2. The van der Waals surface area contributed by atoms with Crippen LogP contribution in [-0.2, 0) is 4.79 Å². The molecule has 2 N–H and O–H groups in total. The lowest BCUT2D eigenvalue weighted by molar-refractivity contribution is -0.115. The normalized spacial score (nSPS) is 10.0. The van der Waals surface area contributed by atoms with Crippen LogP contribution in [0.2, 0.25) is 0 Å². The molecule has 0 radical (unpaired) electrons. The SMILES string of the molecule is COc1ccccc1NC(=O)CNC(=O)c1ccc(C)c(C)c1. The zero-order chi connectivity index (χ0) is 16.8. The van der Waals surface area contributed by atoms with Gasteiger partial charge in [-0.15, -0.1) is 0 Å². The molecule has 2 aromatic carbocycles. The van der Waals surface area contributed by atoms with Crippen molar-refractivity contribution in [2.24, 2.45) is 0 Å². The molecule has 0 aliphatic carbocycles. The Balaban J connectivity index is 1.93. The van der Waals surface area contributed by atoms with Crippen molar-refractivity contribution >= 4 is 17.5 Å². The summed E-state index contributed by atoms with van der Waals surface area (Å²) in [5, 5.41) is 5.32. The van der Waals surface area contributed by atoms with Crippen LogP contribution < -0.4 is 15.4 Å². The van der Waals surface area contributed by atoms with E-state index in [0.717, 1.165) is 11.1 Å². The van der Waals surface area contributed by atoms with E-state index in [4.69, 9.17) is 4.74 Å². The molecule has 0 spiro atoms. The zero-order valence-electron chi connectivity index (χ0n) is 13.5. The topological polar surface area (TPSA) is 67.4 Å². The lowest BCUT2D eigenvalue weighted by Crippen LogP contribution is -2.33. The summed E-state index contributed by atoms with van der Waals surface area (Å²) in [7, 11) is 1.53. The van der Waals surface area contributed by atoms with Crippen molar-refractivity contribution in [3.8, 4) is 5.75 Å². The van der Waals surface area contributed by atoms with E-state index in [1.807, 2.05) is 32.0 Å². The summed E-state index contributed by atoms with van der Waals surface area (Å²) in [6.45, 7) is 3.82. The summed E-state index contributed by atoms with van der Waals surface area (Å²) in [6.07, 6.45) is 0. The van der Waals surface area contributed by atoms with Gasteiger partial charge in [-0.2, -0.15) is 0 Å². The maximum Gasteiger partial charge on any atom is 0.251 e. The number of hydrogen-bond acceptors (Lipinski definition) is 3. The number of methoxy groups -OCH3 is 1. The Hall–Kier alpha value is -2.82. The van der Waals surface area contributed by atoms with Gasteiger partial charge in [0.05, 0.1) is 19.3 Å². The highest BCUT2D eigenvalue weighted by Crippen LogP contribution is 2.22. The summed E-state index contributed by atoms with van der Waals surface area (Å²) in [4.78, 5) is 24.0. The quantitative estimate of drug-likeness (QED) is 0.892. The number of hydrogen-bond donors (Lipinski definition) is 2. The van der Waals surface area contributed by atoms with Crippen molar-refractivity contribution in [2.45, 2.75) is 13.8 Å². The predicted octanol–water partition coefficient (Wildman–Crippen LogP) is 2.68. The van der Waals surface area contributed by atoms with Gasteiger partial charge in [-0.1, -0.05) is 18.2 Å². The molecule has 23 heavy (non-hydrogen) atoms. The maximum atomic E-state index is 12.1. The molecule has 0 fully saturated rings. The third kappa shape index (κ3) is 4.32. The van der Waals surface area contributed by atoms with Crippen LogP contribution in [-0.4, -0.2) is 25.5 Å². The van der Waals surface area contributed by atoms with E-state index in [2.05, 4.69) is 10.6 Å². The third-order valence-corrected chi connectivity index (χ3v) is 3.56. The molecule has 5 heteroatoms. The number of carbonyl (C=O) groups is 2. The smallest absolute Gasteiger partial charge is 0.251 e. The van der Waals surface area contributed by atoms with Crippen molar-refractivity contribution in [3.63, 3.8) is 0 Å². The zero-order valence-corrected chi connectivity index (χ0v) is 13.5. The number of para-hydroxylation sites is 2. The summed E-state index contributed by atoms with van der Waals surface area (Å²) >= 11 is 0. The molecule has 0 heterocycles. The van der Waals surface area contributed by atoms with Crippen LogP contribution in [0.5, 0.6) is 5.75 Å². The first-order chi connectivity index (χ1) is 11.0. The van der Waals surface area contributed by atoms with Crippen LogP contribution in [0, 0.1) is 13.8 Å². The Morgan fingerprint density at radius 3 is 2.48 bits per heavy atom. The lowest BCUT2D eigenvalue weighted by Gasteiger charge is -2.10. The van der Waals surface area contributed by atoms with Gasteiger partial charge in [0.1, 0.15) is 5.75 Å². The van der Waals surface area contributed by atoms with Gasteiger partial charge in [0.25, 0.3) is 5.91 Å². The fourth-order valence-electron chi connectivity index (χ4n) is 2.09. The Bertz CT molecular complexity index is 726. The molecule has 2 aromatic rings. The highest BCUT2D eigenvalue weighted by molar-refractivity contribution is 5.99. The second kappa shape index (κ2) is 7.45. The van der Waals surface area contributed by atoms with Gasteiger partial charge in [-0.05, 0) is 49.2 Å². The largest absolute Gasteiger partial charge is 0.495 e. The van der Waals surface area contributed by atoms with Gasteiger partial charge in [0.2, 0.25) is 5.91 Å². The summed E-state index contributed by atoms with van der Waals surface area (Å²) in [6, 6.07) is 12.5. The van der Waals surface area contributed by atoms with Crippen molar-refractivity contribution in [3.05, 3.63) is 59.2 Å². The first-order valence-electron chi connectivity index (χ1n) is 7.29. The monoisotopic (exact) mass is 312 g/mol. The predicted molar refractivity (Wildman–Crippen MR) is 89.9 cm³/mol. The molecule has 5 nitrogen and oxygen atoms in total. The minimum absolute atomic E-state index is 0.107. The number of ether oxygens (including phenoxy) is 1.